The molecular formula is C34H26N4O. The van der Waals surface area contributed by atoms with Crippen molar-refractivity contribution in [3.8, 4) is 28.2 Å². The van der Waals surface area contributed by atoms with Crippen LogP contribution < -0.4 is 10.4 Å². The largest absolute Gasteiger partial charge is 0.270 e. The van der Waals surface area contributed by atoms with E-state index in [4.69, 9.17) is 5.10 Å². The second-order valence-corrected chi connectivity index (χ2v) is 9.05. The van der Waals surface area contributed by atoms with Gasteiger partial charge in [0.25, 0.3) is 5.91 Å². The Bertz CT molecular complexity index is 1620. The summed E-state index contributed by atoms with van der Waals surface area (Å²) in [6, 6.07) is 49.5. The summed E-state index contributed by atoms with van der Waals surface area (Å²) in [5.41, 5.74) is 10.2. The number of benzene rings is 5. The van der Waals surface area contributed by atoms with Gasteiger partial charge in [0.15, 0.2) is 0 Å². The van der Waals surface area contributed by atoms with E-state index in [1.54, 1.807) is 5.01 Å². The Morgan fingerprint density at radius 1 is 0.590 bits per heavy atom. The fraction of sp³-hybridized carbons (Fsp3) is 0. The van der Waals surface area contributed by atoms with Gasteiger partial charge >= 0.3 is 0 Å². The quantitative estimate of drug-likeness (QED) is 0.226. The van der Waals surface area contributed by atoms with Crippen LogP contribution >= 0.6 is 0 Å². The van der Waals surface area contributed by atoms with Gasteiger partial charge in [0.2, 0.25) is 0 Å². The summed E-state index contributed by atoms with van der Waals surface area (Å²) in [5.74, 6) is -0.206. The highest BCUT2D eigenvalue weighted by Gasteiger charge is 2.16. The van der Waals surface area contributed by atoms with Gasteiger partial charge in [-0.3, -0.25) is 15.2 Å². The molecule has 0 aliphatic rings. The first kappa shape index (κ1) is 23.9. The topological polar surface area (TPSA) is 50.2 Å². The highest BCUT2D eigenvalue weighted by Crippen LogP contribution is 2.29. The lowest BCUT2D eigenvalue weighted by atomic mass is 10.1. The third-order valence-electron chi connectivity index (χ3n) is 6.46. The van der Waals surface area contributed by atoms with Gasteiger partial charge in [0, 0.05) is 16.7 Å². The second-order valence-electron chi connectivity index (χ2n) is 9.05. The van der Waals surface area contributed by atoms with Crippen LogP contribution in [0.1, 0.15) is 10.4 Å². The average molecular weight is 507 g/mol. The molecule has 188 valence electrons. The standard InChI is InChI=1S/C34H26N4O/c39-34(36-37(29-17-9-3-10-18-29)30-19-11-4-12-20-30)28-21-23-31(24-22-28)38-33(27-15-7-2-8-16-27)25-32(35-38)26-13-5-1-6-14-26/h1-25H,(H,36,39). The molecule has 1 aromatic heterocycles. The average Bonchev–Trinajstić information content (AvgIpc) is 3.47. The predicted molar refractivity (Wildman–Crippen MR) is 157 cm³/mol. The number of hydrazine groups is 1. The van der Waals surface area contributed by atoms with E-state index in [2.05, 4.69) is 35.8 Å². The molecule has 5 nitrogen and oxygen atoms in total. The molecule has 5 heteroatoms. The fourth-order valence-electron chi connectivity index (χ4n) is 4.49. The smallest absolute Gasteiger partial charge is 0.267 e. The molecule has 0 atom stereocenters. The maximum Gasteiger partial charge on any atom is 0.270 e. The molecule has 0 bridgehead atoms. The molecule has 1 amide bonds. The molecule has 0 radical (unpaired) electrons. The zero-order valence-electron chi connectivity index (χ0n) is 21.2. The Morgan fingerprint density at radius 3 is 1.62 bits per heavy atom. The molecule has 6 rings (SSSR count). The van der Waals surface area contributed by atoms with Crippen LogP contribution in [0.4, 0.5) is 11.4 Å². The van der Waals surface area contributed by atoms with Crippen LogP contribution in [0.15, 0.2) is 152 Å². The van der Waals surface area contributed by atoms with Crippen molar-refractivity contribution < 1.29 is 4.79 Å². The van der Waals surface area contributed by atoms with Crippen LogP contribution in [-0.2, 0) is 0 Å². The zero-order valence-corrected chi connectivity index (χ0v) is 21.2. The summed E-state index contributed by atoms with van der Waals surface area (Å²) >= 11 is 0. The van der Waals surface area contributed by atoms with Crippen molar-refractivity contribution in [3.05, 3.63) is 157 Å². The summed E-state index contributed by atoms with van der Waals surface area (Å²) in [6.07, 6.45) is 0. The van der Waals surface area contributed by atoms with Crippen molar-refractivity contribution in [2.24, 2.45) is 0 Å². The van der Waals surface area contributed by atoms with E-state index in [0.717, 1.165) is 39.6 Å². The minimum atomic E-state index is -0.206. The third-order valence-corrected chi connectivity index (χ3v) is 6.46. The molecule has 0 saturated heterocycles. The maximum absolute atomic E-state index is 13.4. The monoisotopic (exact) mass is 506 g/mol. The van der Waals surface area contributed by atoms with Gasteiger partial charge in [-0.2, -0.15) is 5.10 Å². The number of nitrogens with zero attached hydrogens (tertiary/aromatic N) is 3. The third kappa shape index (κ3) is 5.20. The summed E-state index contributed by atoms with van der Waals surface area (Å²) in [6.45, 7) is 0. The summed E-state index contributed by atoms with van der Waals surface area (Å²) in [5, 5.41) is 6.73. The van der Waals surface area contributed by atoms with Crippen molar-refractivity contribution >= 4 is 17.3 Å². The van der Waals surface area contributed by atoms with Crippen molar-refractivity contribution in [1.29, 1.82) is 0 Å². The van der Waals surface area contributed by atoms with Crippen molar-refractivity contribution in [2.45, 2.75) is 0 Å². The number of hydrogen-bond donors (Lipinski definition) is 1. The number of para-hydroxylation sites is 2. The van der Waals surface area contributed by atoms with Crippen LogP contribution in [-0.4, -0.2) is 15.7 Å². The number of rotatable bonds is 7. The van der Waals surface area contributed by atoms with E-state index in [9.17, 15) is 4.79 Å². The van der Waals surface area contributed by atoms with Crippen LogP contribution in [0.2, 0.25) is 0 Å². The molecule has 0 unspecified atom stereocenters. The van der Waals surface area contributed by atoms with Gasteiger partial charge in [-0.05, 0) is 54.6 Å². The van der Waals surface area contributed by atoms with Gasteiger partial charge in [-0.1, -0.05) is 97.1 Å². The molecule has 39 heavy (non-hydrogen) atoms. The SMILES string of the molecule is O=C(NN(c1ccccc1)c1ccccc1)c1ccc(-n2nc(-c3ccccc3)cc2-c2ccccc2)cc1. The molecular weight excluding hydrogens is 480 g/mol. The van der Waals surface area contributed by atoms with Crippen molar-refractivity contribution in [1.82, 2.24) is 15.2 Å². The van der Waals surface area contributed by atoms with E-state index in [1.165, 1.54) is 0 Å². The normalized spacial score (nSPS) is 10.7. The van der Waals surface area contributed by atoms with Crippen LogP contribution in [0.5, 0.6) is 0 Å². The fourth-order valence-corrected chi connectivity index (χ4v) is 4.49. The highest BCUT2D eigenvalue weighted by molar-refractivity contribution is 5.96. The Hall–Kier alpha value is -5.42. The van der Waals surface area contributed by atoms with E-state index in [1.807, 2.05) is 126 Å². The van der Waals surface area contributed by atoms with Gasteiger partial charge in [-0.25, -0.2) is 4.68 Å². The Morgan fingerprint density at radius 2 is 1.08 bits per heavy atom. The molecule has 0 spiro atoms. The van der Waals surface area contributed by atoms with Crippen LogP contribution in [0.3, 0.4) is 0 Å². The molecule has 6 aromatic rings. The number of aromatic nitrogens is 2. The first-order valence-corrected chi connectivity index (χ1v) is 12.8. The molecule has 0 aliphatic heterocycles. The van der Waals surface area contributed by atoms with Gasteiger partial charge < -0.3 is 0 Å². The summed E-state index contributed by atoms with van der Waals surface area (Å²) in [7, 11) is 0. The summed E-state index contributed by atoms with van der Waals surface area (Å²) < 4.78 is 1.93. The van der Waals surface area contributed by atoms with Crippen LogP contribution in [0.25, 0.3) is 28.2 Å². The number of nitrogens with one attached hydrogen (secondary N) is 1. The Balaban J connectivity index is 1.31. The van der Waals surface area contributed by atoms with E-state index in [0.29, 0.717) is 5.56 Å². The number of amides is 1. The highest BCUT2D eigenvalue weighted by atomic mass is 16.2. The van der Waals surface area contributed by atoms with Crippen molar-refractivity contribution in [2.75, 3.05) is 5.01 Å². The van der Waals surface area contributed by atoms with Crippen molar-refractivity contribution in [3.63, 3.8) is 0 Å². The Kier molecular flexibility index (Phi) is 6.70. The molecule has 0 fully saturated rings. The molecule has 1 N–H and O–H groups in total. The van der Waals surface area contributed by atoms with E-state index >= 15 is 0 Å². The lowest BCUT2D eigenvalue weighted by molar-refractivity contribution is 0.0953. The molecule has 1 heterocycles. The Labute approximate surface area is 227 Å². The predicted octanol–water partition coefficient (Wildman–Crippen LogP) is 7.69. The first-order chi connectivity index (χ1) is 19.3. The second kappa shape index (κ2) is 10.9. The van der Waals surface area contributed by atoms with Gasteiger partial charge in [0.05, 0.1) is 28.5 Å². The molecule has 0 aliphatic carbocycles. The van der Waals surface area contributed by atoms with Crippen LogP contribution in [0, 0.1) is 0 Å². The van der Waals surface area contributed by atoms with Gasteiger partial charge in [0.1, 0.15) is 0 Å². The van der Waals surface area contributed by atoms with E-state index in [-0.39, 0.29) is 5.91 Å². The minimum absolute atomic E-state index is 0.206. The zero-order chi connectivity index (χ0) is 26.4. The number of anilines is 2. The molecule has 5 aromatic carbocycles. The lowest BCUT2D eigenvalue weighted by Gasteiger charge is -2.25. The number of carbonyl (C=O) groups is 1. The first-order valence-electron chi connectivity index (χ1n) is 12.8. The molecule has 0 saturated carbocycles. The number of hydrogen-bond acceptors (Lipinski definition) is 3. The lowest BCUT2D eigenvalue weighted by Crippen LogP contribution is -2.38. The number of carbonyl (C=O) groups excluding carboxylic acids is 1. The van der Waals surface area contributed by atoms with Gasteiger partial charge in [-0.15, -0.1) is 0 Å². The summed E-state index contributed by atoms with van der Waals surface area (Å²) in [4.78, 5) is 13.4. The minimum Gasteiger partial charge on any atom is -0.267 e. The maximum atomic E-state index is 13.4. The van der Waals surface area contributed by atoms with E-state index < -0.39 is 0 Å².